The van der Waals surface area contributed by atoms with E-state index in [2.05, 4.69) is 11.4 Å². The molecule has 2 aromatic rings. The number of aryl methyl sites for hydroxylation is 1. The van der Waals surface area contributed by atoms with E-state index in [0.29, 0.717) is 0 Å². The predicted octanol–water partition coefficient (Wildman–Crippen LogP) is 2.87. The zero-order valence-corrected chi connectivity index (χ0v) is 11.1. The van der Waals surface area contributed by atoms with Crippen molar-refractivity contribution in [3.05, 3.63) is 70.3 Å². The Morgan fingerprint density at radius 2 is 1.74 bits per heavy atom. The maximum absolute atomic E-state index is 12.4. The molecule has 0 aromatic heterocycles. The van der Waals surface area contributed by atoms with Gasteiger partial charge >= 0.3 is 0 Å². The minimum Gasteiger partial charge on any atom is -0.312 e. The third-order valence-corrected chi connectivity index (χ3v) is 3.67. The van der Waals surface area contributed by atoms with Gasteiger partial charge in [-0.25, -0.2) is 0 Å². The highest BCUT2D eigenvalue weighted by Gasteiger charge is 2.13. The Hall–Kier alpha value is -1.93. The highest BCUT2D eigenvalue weighted by molar-refractivity contribution is 6.09. The smallest absolute Gasteiger partial charge is 0.193 e. The van der Waals surface area contributed by atoms with Crippen LogP contribution >= 0.6 is 0 Å². The van der Waals surface area contributed by atoms with Crippen LogP contribution in [-0.4, -0.2) is 12.3 Å². The van der Waals surface area contributed by atoms with Crippen LogP contribution in [0, 0.1) is 6.92 Å². The van der Waals surface area contributed by atoms with Gasteiger partial charge in [0.2, 0.25) is 0 Å². The van der Waals surface area contributed by atoms with Gasteiger partial charge in [-0.15, -0.1) is 0 Å². The molecule has 19 heavy (non-hydrogen) atoms. The molecule has 1 heterocycles. The number of benzene rings is 2. The van der Waals surface area contributed by atoms with Gasteiger partial charge in [-0.05, 0) is 37.1 Å². The Labute approximate surface area is 113 Å². The van der Waals surface area contributed by atoms with Crippen molar-refractivity contribution in [3.63, 3.8) is 0 Å². The number of ketones is 1. The normalized spacial score (nSPS) is 13.9. The van der Waals surface area contributed by atoms with Crippen molar-refractivity contribution in [2.75, 3.05) is 6.54 Å². The van der Waals surface area contributed by atoms with E-state index in [9.17, 15) is 4.79 Å². The molecule has 0 atom stereocenters. The van der Waals surface area contributed by atoms with Crippen molar-refractivity contribution in [1.29, 1.82) is 0 Å². The van der Waals surface area contributed by atoms with E-state index in [1.807, 2.05) is 43.3 Å². The molecule has 1 aliphatic rings. The maximum Gasteiger partial charge on any atom is 0.193 e. The first-order chi connectivity index (χ1) is 9.24. The Morgan fingerprint density at radius 1 is 1.00 bits per heavy atom. The van der Waals surface area contributed by atoms with Crippen LogP contribution in [0.2, 0.25) is 0 Å². The Balaban J connectivity index is 1.93. The molecule has 0 spiro atoms. The molecule has 0 amide bonds. The van der Waals surface area contributed by atoms with Gasteiger partial charge in [0, 0.05) is 17.7 Å². The molecule has 1 N–H and O–H groups in total. The largest absolute Gasteiger partial charge is 0.312 e. The van der Waals surface area contributed by atoms with Crippen LogP contribution in [0.15, 0.2) is 42.5 Å². The first-order valence-corrected chi connectivity index (χ1v) is 6.68. The third kappa shape index (κ3) is 2.45. The van der Waals surface area contributed by atoms with E-state index in [1.54, 1.807) is 0 Å². The van der Waals surface area contributed by atoms with E-state index in [-0.39, 0.29) is 5.78 Å². The number of rotatable bonds is 2. The second-order valence-corrected chi connectivity index (χ2v) is 5.11. The summed E-state index contributed by atoms with van der Waals surface area (Å²) in [6, 6.07) is 13.8. The number of hydrogen-bond donors (Lipinski definition) is 1. The summed E-state index contributed by atoms with van der Waals surface area (Å²) < 4.78 is 0. The highest BCUT2D eigenvalue weighted by atomic mass is 16.1. The van der Waals surface area contributed by atoms with Crippen LogP contribution < -0.4 is 5.32 Å². The number of fused-ring (bicyclic) bond motifs is 1. The quantitative estimate of drug-likeness (QED) is 0.832. The van der Waals surface area contributed by atoms with Crippen molar-refractivity contribution < 1.29 is 4.79 Å². The SMILES string of the molecule is Cc1ccc(C(=O)c2ccc3c(c2)CNCC3)cc1. The van der Waals surface area contributed by atoms with E-state index in [0.717, 1.165) is 30.6 Å². The zero-order chi connectivity index (χ0) is 13.2. The number of carbonyl (C=O) groups excluding carboxylic acids is 1. The van der Waals surface area contributed by atoms with Gasteiger partial charge in [-0.3, -0.25) is 4.79 Å². The fourth-order valence-corrected chi connectivity index (χ4v) is 2.49. The lowest BCUT2D eigenvalue weighted by Gasteiger charge is -2.17. The molecule has 2 nitrogen and oxygen atoms in total. The molecule has 0 saturated heterocycles. The van der Waals surface area contributed by atoms with E-state index in [4.69, 9.17) is 0 Å². The van der Waals surface area contributed by atoms with Gasteiger partial charge in [0.05, 0.1) is 0 Å². The van der Waals surface area contributed by atoms with Crippen LogP contribution in [-0.2, 0) is 13.0 Å². The van der Waals surface area contributed by atoms with Gasteiger partial charge in [-0.2, -0.15) is 0 Å². The van der Waals surface area contributed by atoms with Crippen molar-refractivity contribution in [2.45, 2.75) is 19.9 Å². The summed E-state index contributed by atoms with van der Waals surface area (Å²) in [7, 11) is 0. The van der Waals surface area contributed by atoms with Crippen molar-refractivity contribution >= 4 is 5.78 Å². The standard InChI is InChI=1S/C17H17NO/c1-12-2-4-14(5-3-12)17(19)15-7-6-13-8-9-18-11-16(13)10-15/h2-7,10,18H,8-9,11H2,1H3. The predicted molar refractivity (Wildman–Crippen MR) is 76.5 cm³/mol. The molecular weight excluding hydrogens is 234 g/mol. The van der Waals surface area contributed by atoms with E-state index >= 15 is 0 Å². The highest BCUT2D eigenvalue weighted by Crippen LogP contribution is 2.18. The third-order valence-electron chi connectivity index (χ3n) is 3.67. The molecule has 3 rings (SSSR count). The minimum atomic E-state index is 0.105. The zero-order valence-electron chi connectivity index (χ0n) is 11.1. The lowest BCUT2D eigenvalue weighted by Crippen LogP contribution is -2.23. The lowest BCUT2D eigenvalue weighted by molar-refractivity contribution is 0.103. The first kappa shape index (κ1) is 12.1. The molecule has 0 aliphatic carbocycles. The fourth-order valence-electron chi connectivity index (χ4n) is 2.49. The Bertz CT molecular complexity index is 614. The topological polar surface area (TPSA) is 29.1 Å². The second kappa shape index (κ2) is 4.98. The molecule has 0 bridgehead atoms. The Kier molecular flexibility index (Phi) is 3.18. The Morgan fingerprint density at radius 3 is 2.53 bits per heavy atom. The van der Waals surface area contributed by atoms with Crippen molar-refractivity contribution in [2.24, 2.45) is 0 Å². The summed E-state index contributed by atoms with van der Waals surface area (Å²) in [5.41, 5.74) is 5.33. The molecule has 0 radical (unpaired) electrons. The van der Waals surface area contributed by atoms with Crippen molar-refractivity contribution in [3.8, 4) is 0 Å². The van der Waals surface area contributed by atoms with Gasteiger partial charge in [0.15, 0.2) is 5.78 Å². The van der Waals surface area contributed by atoms with Crippen LogP contribution in [0.3, 0.4) is 0 Å². The summed E-state index contributed by atoms with van der Waals surface area (Å²) >= 11 is 0. The molecule has 0 saturated carbocycles. The molecule has 0 unspecified atom stereocenters. The summed E-state index contributed by atoms with van der Waals surface area (Å²) in [4.78, 5) is 12.4. The average molecular weight is 251 g/mol. The maximum atomic E-state index is 12.4. The molecule has 0 fully saturated rings. The molecule has 2 aromatic carbocycles. The minimum absolute atomic E-state index is 0.105. The van der Waals surface area contributed by atoms with Gasteiger partial charge in [0.1, 0.15) is 0 Å². The van der Waals surface area contributed by atoms with Gasteiger partial charge in [0.25, 0.3) is 0 Å². The number of nitrogens with one attached hydrogen (secondary N) is 1. The molecule has 96 valence electrons. The van der Waals surface area contributed by atoms with Crippen LogP contribution in [0.5, 0.6) is 0 Å². The molecule has 2 heteroatoms. The molecule has 1 aliphatic heterocycles. The number of hydrogen-bond acceptors (Lipinski definition) is 2. The van der Waals surface area contributed by atoms with Gasteiger partial charge in [-0.1, -0.05) is 42.0 Å². The monoisotopic (exact) mass is 251 g/mol. The van der Waals surface area contributed by atoms with Crippen LogP contribution in [0.1, 0.15) is 32.6 Å². The first-order valence-electron chi connectivity index (χ1n) is 6.68. The molecular formula is C17H17NO. The summed E-state index contributed by atoms with van der Waals surface area (Å²) in [6.07, 6.45) is 1.05. The number of carbonyl (C=O) groups is 1. The van der Waals surface area contributed by atoms with Crippen molar-refractivity contribution in [1.82, 2.24) is 5.32 Å². The average Bonchev–Trinajstić information content (AvgIpc) is 2.47. The second-order valence-electron chi connectivity index (χ2n) is 5.11. The van der Waals surface area contributed by atoms with E-state index in [1.165, 1.54) is 16.7 Å². The van der Waals surface area contributed by atoms with Crippen LogP contribution in [0.25, 0.3) is 0 Å². The summed E-state index contributed by atoms with van der Waals surface area (Å²) in [5.74, 6) is 0.105. The van der Waals surface area contributed by atoms with Gasteiger partial charge < -0.3 is 5.32 Å². The fraction of sp³-hybridized carbons (Fsp3) is 0.235. The lowest BCUT2D eigenvalue weighted by atomic mass is 9.95. The van der Waals surface area contributed by atoms with Crippen LogP contribution in [0.4, 0.5) is 0 Å². The van der Waals surface area contributed by atoms with E-state index < -0.39 is 0 Å². The summed E-state index contributed by atoms with van der Waals surface area (Å²) in [5, 5.41) is 3.34. The summed E-state index contributed by atoms with van der Waals surface area (Å²) in [6.45, 7) is 3.92.